The number of rotatable bonds is 7. The van der Waals surface area contributed by atoms with E-state index in [1.807, 2.05) is 6.92 Å². The number of nitrogens with one attached hydrogen (secondary N) is 2. The fraction of sp³-hybridized carbons (Fsp3) is 0.417. The third-order valence-corrected chi connectivity index (χ3v) is 7.28. The lowest BCUT2D eigenvalue weighted by molar-refractivity contribution is -0.129. The minimum Gasteiger partial charge on any atom is -0.369 e. The highest BCUT2D eigenvalue weighted by Gasteiger charge is 2.41. The highest BCUT2D eigenvalue weighted by atomic mass is 35.5. The van der Waals surface area contributed by atoms with Gasteiger partial charge in [-0.2, -0.15) is 14.6 Å². The van der Waals surface area contributed by atoms with E-state index in [4.69, 9.17) is 17.3 Å². The van der Waals surface area contributed by atoms with E-state index in [2.05, 4.69) is 32.6 Å². The minimum atomic E-state index is -0.551. The van der Waals surface area contributed by atoms with Crippen LogP contribution < -0.4 is 16.4 Å². The second-order valence-electron chi connectivity index (χ2n) is 9.85. The van der Waals surface area contributed by atoms with Crippen LogP contribution >= 0.6 is 11.6 Å². The summed E-state index contributed by atoms with van der Waals surface area (Å²) in [5.41, 5.74) is 5.52. The molecule has 2 aromatic heterocycles. The van der Waals surface area contributed by atoms with Gasteiger partial charge in [0, 0.05) is 24.6 Å². The zero-order valence-electron chi connectivity index (χ0n) is 20.0. The first kappa shape index (κ1) is 25.5. The van der Waals surface area contributed by atoms with Crippen molar-refractivity contribution < 1.29 is 18.8 Å². The first-order chi connectivity index (χ1) is 17.0. The van der Waals surface area contributed by atoms with Gasteiger partial charge in [-0.1, -0.05) is 31.5 Å². The SMILES string of the molecule is CC1(CNC(=O)c2cc(C(=O)NCc3ccc(F)c(Cl)c3)nc3ncnn23)CCC(C)(C(N)=O)CC1. The van der Waals surface area contributed by atoms with Crippen molar-refractivity contribution in [2.75, 3.05) is 6.54 Å². The zero-order valence-corrected chi connectivity index (χ0v) is 20.7. The van der Waals surface area contributed by atoms with Crippen molar-refractivity contribution in [2.45, 2.75) is 46.1 Å². The average Bonchev–Trinajstić information content (AvgIpc) is 3.33. The molecule has 3 amide bonds. The molecular formula is C24H27ClFN7O3. The molecule has 1 aliphatic rings. The first-order valence-electron chi connectivity index (χ1n) is 11.5. The summed E-state index contributed by atoms with van der Waals surface area (Å²) in [6.45, 7) is 4.41. The standard InChI is InChI=1S/C24H27ClFN7O3/c1-23(5-7-24(2,8-6-23)21(27)36)12-29-20(35)18-10-17(32-22-30-13-31-33(18)22)19(34)28-11-14-3-4-16(26)15(25)9-14/h3-4,9-10,13H,5-8,11-12H2,1-2H3,(H2,27,36)(H,28,34)(H,29,35). The van der Waals surface area contributed by atoms with Gasteiger partial charge >= 0.3 is 0 Å². The van der Waals surface area contributed by atoms with E-state index in [1.54, 1.807) is 0 Å². The van der Waals surface area contributed by atoms with Crippen molar-refractivity contribution in [1.82, 2.24) is 30.2 Å². The summed E-state index contributed by atoms with van der Waals surface area (Å²) in [5.74, 6) is -1.73. The maximum absolute atomic E-state index is 13.4. The number of primary amides is 1. The minimum absolute atomic E-state index is 0.0186. The van der Waals surface area contributed by atoms with Crippen LogP contribution in [0.15, 0.2) is 30.6 Å². The van der Waals surface area contributed by atoms with Gasteiger partial charge in [0.05, 0.1) is 5.02 Å². The van der Waals surface area contributed by atoms with Gasteiger partial charge in [0.2, 0.25) is 5.91 Å². The number of benzene rings is 1. The lowest BCUT2D eigenvalue weighted by Gasteiger charge is -2.41. The smallest absolute Gasteiger partial charge is 0.270 e. The first-order valence-corrected chi connectivity index (χ1v) is 11.9. The lowest BCUT2D eigenvalue weighted by atomic mass is 9.65. The van der Waals surface area contributed by atoms with Crippen molar-refractivity contribution in [3.8, 4) is 0 Å². The lowest BCUT2D eigenvalue weighted by Crippen LogP contribution is -2.44. The maximum atomic E-state index is 13.4. The predicted octanol–water partition coefficient (Wildman–Crippen LogP) is 2.65. The van der Waals surface area contributed by atoms with Gasteiger partial charge in [0.1, 0.15) is 23.5 Å². The highest BCUT2D eigenvalue weighted by molar-refractivity contribution is 6.30. The van der Waals surface area contributed by atoms with E-state index in [0.717, 1.165) is 12.8 Å². The zero-order chi connectivity index (χ0) is 26.1. The number of carbonyl (C=O) groups is 3. The Kier molecular flexibility index (Phi) is 6.94. The molecule has 36 heavy (non-hydrogen) atoms. The molecule has 0 saturated heterocycles. The molecule has 1 aromatic carbocycles. The molecule has 0 bridgehead atoms. The number of aromatic nitrogens is 4. The summed E-state index contributed by atoms with van der Waals surface area (Å²) in [4.78, 5) is 45.9. The normalized spacial score (nSPS) is 21.8. The van der Waals surface area contributed by atoms with Crippen LogP contribution in [0.2, 0.25) is 5.02 Å². The van der Waals surface area contributed by atoms with Gasteiger partial charge in [-0.25, -0.2) is 9.37 Å². The van der Waals surface area contributed by atoms with Crippen LogP contribution in [0.5, 0.6) is 0 Å². The molecule has 0 aliphatic heterocycles. The fourth-order valence-corrected chi connectivity index (χ4v) is 4.43. The summed E-state index contributed by atoms with van der Waals surface area (Å²) in [7, 11) is 0. The summed E-state index contributed by atoms with van der Waals surface area (Å²) in [6, 6.07) is 5.49. The van der Waals surface area contributed by atoms with Gasteiger partial charge in [0.25, 0.3) is 17.6 Å². The number of carbonyl (C=O) groups excluding carboxylic acids is 3. The monoisotopic (exact) mass is 515 g/mol. The fourth-order valence-electron chi connectivity index (χ4n) is 4.23. The predicted molar refractivity (Wildman–Crippen MR) is 130 cm³/mol. The van der Waals surface area contributed by atoms with E-state index >= 15 is 0 Å². The molecule has 4 rings (SSSR count). The molecule has 1 aliphatic carbocycles. The van der Waals surface area contributed by atoms with Crippen LogP contribution in [0.4, 0.5) is 4.39 Å². The quantitative estimate of drug-likeness (QED) is 0.441. The van der Waals surface area contributed by atoms with Crippen molar-refractivity contribution >= 4 is 35.1 Å². The maximum Gasteiger partial charge on any atom is 0.270 e. The van der Waals surface area contributed by atoms with Gasteiger partial charge in [-0.05, 0) is 48.8 Å². The summed E-state index contributed by atoms with van der Waals surface area (Å²) >= 11 is 5.79. The highest BCUT2D eigenvalue weighted by Crippen LogP contribution is 2.44. The van der Waals surface area contributed by atoms with E-state index < -0.39 is 23.0 Å². The second kappa shape index (κ2) is 9.81. The Labute approximate surface area is 211 Å². The molecule has 0 radical (unpaired) electrons. The number of hydrogen-bond donors (Lipinski definition) is 3. The van der Waals surface area contributed by atoms with Crippen LogP contribution in [-0.4, -0.2) is 43.8 Å². The summed E-state index contributed by atoms with van der Waals surface area (Å²) in [5, 5.41) is 9.62. The van der Waals surface area contributed by atoms with Crippen molar-refractivity contribution in [3.63, 3.8) is 0 Å². The average molecular weight is 516 g/mol. The van der Waals surface area contributed by atoms with Crippen molar-refractivity contribution in [2.24, 2.45) is 16.6 Å². The number of nitrogens with two attached hydrogens (primary N) is 1. The molecule has 12 heteroatoms. The van der Waals surface area contributed by atoms with E-state index in [-0.39, 0.29) is 40.1 Å². The molecule has 2 heterocycles. The Balaban J connectivity index is 1.46. The Morgan fingerprint density at radius 1 is 1.11 bits per heavy atom. The van der Waals surface area contributed by atoms with Crippen molar-refractivity contribution in [3.05, 3.63) is 58.4 Å². The molecular weight excluding hydrogens is 489 g/mol. The van der Waals surface area contributed by atoms with Crippen LogP contribution in [0.3, 0.4) is 0 Å². The van der Waals surface area contributed by atoms with Gasteiger partial charge < -0.3 is 16.4 Å². The Morgan fingerprint density at radius 2 is 1.83 bits per heavy atom. The van der Waals surface area contributed by atoms with E-state index in [1.165, 1.54) is 35.1 Å². The van der Waals surface area contributed by atoms with Crippen molar-refractivity contribution in [1.29, 1.82) is 0 Å². The van der Waals surface area contributed by atoms with Crippen LogP contribution in [-0.2, 0) is 11.3 Å². The van der Waals surface area contributed by atoms with E-state index in [9.17, 15) is 18.8 Å². The largest absolute Gasteiger partial charge is 0.369 e. The van der Waals surface area contributed by atoms with E-state index in [0.29, 0.717) is 24.9 Å². The Bertz CT molecular complexity index is 1330. The van der Waals surface area contributed by atoms with Crippen LogP contribution in [0.25, 0.3) is 5.78 Å². The number of amides is 3. The summed E-state index contributed by atoms with van der Waals surface area (Å²) < 4.78 is 14.6. The molecule has 1 saturated carbocycles. The third kappa shape index (κ3) is 5.30. The number of fused-ring (bicyclic) bond motifs is 1. The third-order valence-electron chi connectivity index (χ3n) is 6.99. The molecule has 0 atom stereocenters. The van der Waals surface area contributed by atoms with Crippen LogP contribution in [0, 0.1) is 16.6 Å². The topological polar surface area (TPSA) is 144 Å². The number of nitrogens with zero attached hydrogens (tertiary/aromatic N) is 4. The number of halogens is 2. The van der Waals surface area contributed by atoms with Crippen LogP contribution in [0.1, 0.15) is 66.1 Å². The number of hydrogen-bond acceptors (Lipinski definition) is 6. The second-order valence-corrected chi connectivity index (χ2v) is 10.3. The Morgan fingerprint density at radius 3 is 2.50 bits per heavy atom. The van der Waals surface area contributed by atoms with Gasteiger partial charge in [-0.15, -0.1) is 0 Å². The summed E-state index contributed by atoms with van der Waals surface area (Å²) in [6.07, 6.45) is 4.03. The van der Waals surface area contributed by atoms with Gasteiger partial charge in [-0.3, -0.25) is 14.4 Å². The molecule has 0 unspecified atom stereocenters. The Hall–Kier alpha value is -3.60. The molecule has 190 valence electrons. The molecule has 3 aromatic rings. The molecule has 0 spiro atoms. The van der Waals surface area contributed by atoms with Gasteiger partial charge in [0.15, 0.2) is 0 Å². The molecule has 10 nitrogen and oxygen atoms in total. The molecule has 1 fully saturated rings. The molecule has 4 N–H and O–H groups in total.